The lowest BCUT2D eigenvalue weighted by atomic mass is 10.3. The number of benzene rings is 2. The van der Waals surface area contributed by atoms with Gasteiger partial charge >= 0.3 is 0 Å². The third kappa shape index (κ3) is 2.98. The summed E-state index contributed by atoms with van der Waals surface area (Å²) in [5.41, 5.74) is 0. The molecule has 0 amide bonds. The topological polar surface area (TPSA) is 55.8 Å². The van der Waals surface area contributed by atoms with Crippen molar-refractivity contribution in [3.63, 3.8) is 0 Å². The average Bonchev–Trinajstić information content (AvgIpc) is 2.35. The zero-order valence-electron chi connectivity index (χ0n) is 8.87. The van der Waals surface area contributed by atoms with Crippen LogP contribution in [-0.4, -0.2) is 11.6 Å². The second kappa shape index (κ2) is 5.03. The number of hydrogen-bond acceptors (Lipinski definition) is 4. The summed E-state index contributed by atoms with van der Waals surface area (Å²) in [7, 11) is 0. The first-order valence-corrected chi connectivity index (χ1v) is 4.95. The molecule has 1 N–H and O–H groups in total. The van der Waals surface area contributed by atoms with Gasteiger partial charge in [0.25, 0.3) is 6.47 Å². The van der Waals surface area contributed by atoms with Crippen LogP contribution >= 0.6 is 0 Å². The van der Waals surface area contributed by atoms with Crippen LogP contribution in [0.15, 0.2) is 48.5 Å². The number of carbonyl (C=O) groups is 1. The van der Waals surface area contributed by atoms with Gasteiger partial charge in [-0.2, -0.15) is 0 Å². The van der Waals surface area contributed by atoms with E-state index in [1.54, 1.807) is 48.5 Å². The Morgan fingerprint density at radius 3 is 1.82 bits per heavy atom. The van der Waals surface area contributed by atoms with Gasteiger partial charge in [0.2, 0.25) is 0 Å². The van der Waals surface area contributed by atoms with Gasteiger partial charge in [0.15, 0.2) is 0 Å². The molecule has 0 fully saturated rings. The highest BCUT2D eigenvalue weighted by Crippen LogP contribution is 2.24. The zero-order valence-corrected chi connectivity index (χ0v) is 8.87. The molecule has 0 aromatic heterocycles. The average molecular weight is 230 g/mol. The fourth-order valence-corrected chi connectivity index (χ4v) is 1.29. The summed E-state index contributed by atoms with van der Waals surface area (Å²) in [6.45, 7) is 0.371. The molecule has 0 spiro atoms. The van der Waals surface area contributed by atoms with Crippen molar-refractivity contribution in [1.29, 1.82) is 0 Å². The lowest BCUT2D eigenvalue weighted by molar-refractivity contribution is -0.120. The molecule has 2 rings (SSSR count). The van der Waals surface area contributed by atoms with Gasteiger partial charge in [0.05, 0.1) is 0 Å². The van der Waals surface area contributed by atoms with Crippen molar-refractivity contribution in [3.8, 4) is 23.0 Å². The highest BCUT2D eigenvalue weighted by atomic mass is 16.5. The first-order valence-electron chi connectivity index (χ1n) is 4.95. The Morgan fingerprint density at radius 2 is 1.29 bits per heavy atom. The molecule has 0 aliphatic rings. The van der Waals surface area contributed by atoms with E-state index in [0.29, 0.717) is 23.7 Å². The van der Waals surface area contributed by atoms with Gasteiger partial charge in [0.1, 0.15) is 23.0 Å². The Bertz CT molecular complexity index is 488. The summed E-state index contributed by atoms with van der Waals surface area (Å²) >= 11 is 0. The summed E-state index contributed by atoms with van der Waals surface area (Å²) in [4.78, 5) is 10.1. The second-order valence-electron chi connectivity index (χ2n) is 3.28. The SMILES string of the molecule is O=COc1ccc(Oc2ccc(O)cc2)cc1. The molecule has 0 aliphatic carbocycles. The summed E-state index contributed by atoms with van der Waals surface area (Å²) in [6.07, 6.45) is 0. The first-order chi connectivity index (χ1) is 8.28. The Hall–Kier alpha value is -2.49. The van der Waals surface area contributed by atoms with Gasteiger partial charge in [-0.25, -0.2) is 0 Å². The molecular weight excluding hydrogens is 220 g/mol. The van der Waals surface area contributed by atoms with Crippen LogP contribution in [0.4, 0.5) is 0 Å². The smallest absolute Gasteiger partial charge is 0.298 e. The highest BCUT2D eigenvalue weighted by Gasteiger charge is 1.98. The summed E-state index contributed by atoms with van der Waals surface area (Å²) in [5, 5.41) is 9.11. The molecule has 0 bridgehead atoms. The number of ether oxygens (including phenoxy) is 2. The maximum atomic E-state index is 10.1. The van der Waals surface area contributed by atoms with Crippen LogP contribution in [0.2, 0.25) is 0 Å². The van der Waals surface area contributed by atoms with Crippen LogP contribution < -0.4 is 9.47 Å². The minimum absolute atomic E-state index is 0.187. The van der Waals surface area contributed by atoms with Gasteiger partial charge in [0, 0.05) is 0 Å². The summed E-state index contributed by atoms with van der Waals surface area (Å²) in [5.74, 6) is 1.88. The normalized spacial score (nSPS) is 9.65. The van der Waals surface area contributed by atoms with E-state index in [0.717, 1.165) is 0 Å². The molecule has 0 saturated heterocycles. The van der Waals surface area contributed by atoms with Crippen molar-refractivity contribution >= 4 is 6.47 Å². The van der Waals surface area contributed by atoms with Crippen LogP contribution in [0.5, 0.6) is 23.0 Å². The summed E-state index contributed by atoms with van der Waals surface area (Å²) < 4.78 is 10.2. The predicted octanol–water partition coefficient (Wildman–Crippen LogP) is 2.72. The standard InChI is InChI=1S/C13H10O4/c14-9-16-11-5-7-13(8-6-11)17-12-3-1-10(15)2-4-12/h1-9,15H. The highest BCUT2D eigenvalue weighted by molar-refractivity contribution is 5.46. The third-order valence-electron chi connectivity index (χ3n) is 2.08. The van der Waals surface area contributed by atoms with E-state index in [1.165, 1.54) is 0 Å². The van der Waals surface area contributed by atoms with Crippen molar-refractivity contribution in [2.24, 2.45) is 0 Å². The molecule has 0 heterocycles. The zero-order chi connectivity index (χ0) is 12.1. The van der Waals surface area contributed by atoms with Crippen molar-refractivity contribution in [1.82, 2.24) is 0 Å². The van der Waals surface area contributed by atoms with Gasteiger partial charge in [-0.1, -0.05) is 0 Å². The minimum atomic E-state index is 0.187. The van der Waals surface area contributed by atoms with Crippen LogP contribution in [0, 0.1) is 0 Å². The Morgan fingerprint density at radius 1 is 0.824 bits per heavy atom. The van der Waals surface area contributed by atoms with E-state index < -0.39 is 0 Å². The van der Waals surface area contributed by atoms with Crippen molar-refractivity contribution in [2.45, 2.75) is 0 Å². The molecule has 86 valence electrons. The van der Waals surface area contributed by atoms with Crippen molar-refractivity contribution < 1.29 is 19.4 Å². The van der Waals surface area contributed by atoms with Gasteiger partial charge in [-0.3, -0.25) is 4.79 Å². The fraction of sp³-hybridized carbons (Fsp3) is 0. The molecule has 0 radical (unpaired) electrons. The molecule has 0 saturated carbocycles. The number of carbonyl (C=O) groups excluding carboxylic acids is 1. The minimum Gasteiger partial charge on any atom is -0.508 e. The first kappa shape index (κ1) is 11.0. The maximum Gasteiger partial charge on any atom is 0.298 e. The van der Waals surface area contributed by atoms with E-state index in [-0.39, 0.29) is 5.75 Å². The predicted molar refractivity (Wildman–Crippen MR) is 61.3 cm³/mol. The van der Waals surface area contributed by atoms with Crippen molar-refractivity contribution in [3.05, 3.63) is 48.5 Å². The molecular formula is C13H10O4. The molecule has 2 aromatic rings. The molecule has 17 heavy (non-hydrogen) atoms. The molecule has 4 heteroatoms. The van der Waals surface area contributed by atoms with Crippen LogP contribution in [0.3, 0.4) is 0 Å². The summed E-state index contributed by atoms with van der Waals surface area (Å²) in [6, 6.07) is 13.0. The number of phenols is 1. The van der Waals surface area contributed by atoms with Gasteiger partial charge in [-0.05, 0) is 48.5 Å². The van der Waals surface area contributed by atoms with E-state index in [1.807, 2.05) is 0 Å². The fourth-order valence-electron chi connectivity index (χ4n) is 1.29. The lowest BCUT2D eigenvalue weighted by Gasteiger charge is -2.06. The molecule has 0 atom stereocenters. The Labute approximate surface area is 98.0 Å². The van der Waals surface area contributed by atoms with E-state index in [4.69, 9.17) is 9.84 Å². The van der Waals surface area contributed by atoms with Crippen molar-refractivity contribution in [2.75, 3.05) is 0 Å². The molecule has 4 nitrogen and oxygen atoms in total. The Kier molecular flexibility index (Phi) is 3.25. The van der Waals surface area contributed by atoms with Gasteiger partial charge < -0.3 is 14.6 Å². The number of hydrogen-bond donors (Lipinski definition) is 1. The molecule has 0 unspecified atom stereocenters. The van der Waals surface area contributed by atoms with E-state index in [2.05, 4.69) is 4.74 Å². The molecule has 2 aromatic carbocycles. The Balaban J connectivity index is 2.08. The quantitative estimate of drug-likeness (QED) is 0.820. The third-order valence-corrected chi connectivity index (χ3v) is 2.08. The number of phenolic OH excluding ortho intramolecular Hbond substituents is 1. The van der Waals surface area contributed by atoms with Crippen LogP contribution in [0.1, 0.15) is 0 Å². The van der Waals surface area contributed by atoms with Crippen LogP contribution in [0.25, 0.3) is 0 Å². The number of rotatable bonds is 4. The lowest BCUT2D eigenvalue weighted by Crippen LogP contribution is -1.88. The van der Waals surface area contributed by atoms with E-state index in [9.17, 15) is 4.79 Å². The van der Waals surface area contributed by atoms with Crippen LogP contribution in [-0.2, 0) is 4.79 Å². The number of aromatic hydroxyl groups is 1. The van der Waals surface area contributed by atoms with Gasteiger partial charge in [-0.15, -0.1) is 0 Å². The second-order valence-corrected chi connectivity index (χ2v) is 3.28. The maximum absolute atomic E-state index is 10.1. The monoisotopic (exact) mass is 230 g/mol. The largest absolute Gasteiger partial charge is 0.508 e. The van der Waals surface area contributed by atoms with E-state index >= 15 is 0 Å². The molecule has 0 aliphatic heterocycles.